The van der Waals surface area contributed by atoms with Gasteiger partial charge in [-0.25, -0.2) is 9.98 Å². The van der Waals surface area contributed by atoms with Gasteiger partial charge in [0.15, 0.2) is 0 Å². The SMILES string of the molecule is O=C1NC(NCC2CCOCC2)=N/C1=C\c1ccc2[nH]cnc2c1. The highest BCUT2D eigenvalue weighted by atomic mass is 16.5. The van der Waals surface area contributed by atoms with Crippen LogP contribution in [0.15, 0.2) is 35.2 Å². The van der Waals surface area contributed by atoms with Crippen LogP contribution in [0, 0.1) is 5.92 Å². The van der Waals surface area contributed by atoms with E-state index in [4.69, 9.17) is 4.74 Å². The predicted molar refractivity (Wildman–Crippen MR) is 91.2 cm³/mol. The normalized spacial score (nSPS) is 20.4. The number of fused-ring (bicyclic) bond motifs is 1. The lowest BCUT2D eigenvalue weighted by molar-refractivity contribution is -0.115. The Labute approximate surface area is 139 Å². The van der Waals surface area contributed by atoms with Crippen molar-refractivity contribution in [2.24, 2.45) is 10.9 Å². The molecule has 0 atom stereocenters. The second-order valence-electron chi connectivity index (χ2n) is 6.06. The van der Waals surface area contributed by atoms with Crippen molar-refractivity contribution in [1.29, 1.82) is 0 Å². The van der Waals surface area contributed by atoms with Crippen LogP contribution in [0.4, 0.5) is 0 Å². The molecule has 1 aromatic carbocycles. The van der Waals surface area contributed by atoms with Crippen molar-refractivity contribution >= 4 is 29.0 Å². The Morgan fingerprint density at radius 2 is 2.21 bits per heavy atom. The molecule has 4 rings (SSSR count). The minimum atomic E-state index is -0.188. The first-order valence-electron chi connectivity index (χ1n) is 8.14. The van der Waals surface area contributed by atoms with Gasteiger partial charge in [0.1, 0.15) is 5.70 Å². The number of rotatable bonds is 3. The quantitative estimate of drug-likeness (QED) is 0.744. The predicted octanol–water partition coefficient (Wildman–Crippen LogP) is 1.41. The molecule has 0 unspecified atom stereocenters. The van der Waals surface area contributed by atoms with Crippen molar-refractivity contribution < 1.29 is 9.53 Å². The highest BCUT2D eigenvalue weighted by Crippen LogP contribution is 2.17. The van der Waals surface area contributed by atoms with Crippen molar-refractivity contribution in [3.05, 3.63) is 35.8 Å². The molecule has 0 spiro atoms. The molecule has 2 aliphatic rings. The molecule has 0 saturated carbocycles. The first-order chi connectivity index (χ1) is 11.8. The number of H-pyrrole nitrogens is 1. The fraction of sp³-hybridized carbons (Fsp3) is 0.353. The number of amides is 1. The molecule has 1 fully saturated rings. The molecule has 1 saturated heterocycles. The summed E-state index contributed by atoms with van der Waals surface area (Å²) in [5.74, 6) is 0.902. The number of hydrogen-bond acceptors (Lipinski definition) is 5. The third-order valence-electron chi connectivity index (χ3n) is 4.34. The average Bonchev–Trinajstić information content (AvgIpc) is 3.20. The zero-order valence-corrected chi connectivity index (χ0v) is 13.2. The van der Waals surface area contributed by atoms with Gasteiger partial charge in [0.05, 0.1) is 17.4 Å². The maximum atomic E-state index is 12.1. The number of carbonyl (C=O) groups is 1. The average molecular weight is 325 g/mol. The van der Waals surface area contributed by atoms with E-state index in [1.165, 1.54) is 0 Å². The molecule has 7 nitrogen and oxygen atoms in total. The van der Waals surface area contributed by atoms with Gasteiger partial charge in [-0.1, -0.05) is 6.07 Å². The molecule has 2 aliphatic heterocycles. The topological polar surface area (TPSA) is 91.4 Å². The molecular weight excluding hydrogens is 306 g/mol. The van der Waals surface area contributed by atoms with E-state index in [0.717, 1.165) is 49.2 Å². The smallest absolute Gasteiger partial charge is 0.276 e. The van der Waals surface area contributed by atoms with Crippen molar-refractivity contribution in [1.82, 2.24) is 20.6 Å². The van der Waals surface area contributed by atoms with Gasteiger partial charge in [-0.05, 0) is 42.5 Å². The summed E-state index contributed by atoms with van der Waals surface area (Å²) in [5.41, 5.74) is 3.13. The van der Waals surface area contributed by atoms with Gasteiger partial charge in [0.25, 0.3) is 5.91 Å². The first-order valence-corrected chi connectivity index (χ1v) is 8.14. The van der Waals surface area contributed by atoms with E-state index in [1.54, 1.807) is 12.4 Å². The van der Waals surface area contributed by atoms with Crippen LogP contribution in [0.5, 0.6) is 0 Å². The monoisotopic (exact) mass is 325 g/mol. The van der Waals surface area contributed by atoms with Crippen LogP contribution >= 0.6 is 0 Å². The van der Waals surface area contributed by atoms with Crippen molar-refractivity contribution in [3.63, 3.8) is 0 Å². The fourth-order valence-corrected chi connectivity index (χ4v) is 2.94. The molecule has 1 aromatic heterocycles. The lowest BCUT2D eigenvalue weighted by Gasteiger charge is -2.22. The standard InChI is InChI=1S/C17H19N5O2/c23-16-15(8-12-1-2-13-14(7-12)20-10-19-13)21-17(22-16)18-9-11-3-5-24-6-4-11/h1-2,7-8,10-11H,3-6,9H2,(H,19,20)(H2,18,21,22,23)/b15-8-. The number of aliphatic imine (C=N–C) groups is 1. The van der Waals surface area contributed by atoms with Crippen LogP contribution in [0.3, 0.4) is 0 Å². The fourth-order valence-electron chi connectivity index (χ4n) is 2.94. The van der Waals surface area contributed by atoms with E-state index in [1.807, 2.05) is 18.2 Å². The van der Waals surface area contributed by atoms with E-state index >= 15 is 0 Å². The van der Waals surface area contributed by atoms with E-state index in [2.05, 4.69) is 25.6 Å². The van der Waals surface area contributed by atoms with Crippen molar-refractivity contribution in [3.8, 4) is 0 Å². The second-order valence-corrected chi connectivity index (χ2v) is 6.06. The van der Waals surface area contributed by atoms with Gasteiger partial charge in [-0.2, -0.15) is 0 Å². The second kappa shape index (κ2) is 6.45. The van der Waals surface area contributed by atoms with Crippen molar-refractivity contribution in [2.75, 3.05) is 19.8 Å². The zero-order valence-electron chi connectivity index (χ0n) is 13.2. The zero-order chi connectivity index (χ0) is 16.4. The molecule has 0 bridgehead atoms. The highest BCUT2D eigenvalue weighted by molar-refractivity contribution is 6.13. The van der Waals surface area contributed by atoms with Crippen LogP contribution in [-0.4, -0.2) is 41.6 Å². The van der Waals surface area contributed by atoms with Crippen LogP contribution in [-0.2, 0) is 9.53 Å². The van der Waals surface area contributed by atoms with E-state index in [9.17, 15) is 4.79 Å². The van der Waals surface area contributed by atoms with Crippen LogP contribution in [0.1, 0.15) is 18.4 Å². The minimum absolute atomic E-state index is 0.188. The number of nitrogens with one attached hydrogen (secondary N) is 3. The summed E-state index contributed by atoms with van der Waals surface area (Å²) < 4.78 is 5.35. The molecule has 24 heavy (non-hydrogen) atoms. The lowest BCUT2D eigenvalue weighted by Crippen LogP contribution is -2.39. The summed E-state index contributed by atoms with van der Waals surface area (Å²) in [4.78, 5) is 23.7. The minimum Gasteiger partial charge on any atom is -0.381 e. The Kier molecular flexibility index (Phi) is 4.00. The Bertz CT molecular complexity index is 817. The van der Waals surface area contributed by atoms with Gasteiger partial charge in [0.2, 0.25) is 5.96 Å². The first kappa shape index (κ1) is 14.9. The number of carbonyl (C=O) groups excluding carboxylic acids is 1. The van der Waals surface area contributed by atoms with E-state index < -0.39 is 0 Å². The molecule has 0 aliphatic carbocycles. The molecule has 3 heterocycles. The maximum absolute atomic E-state index is 12.1. The third kappa shape index (κ3) is 3.16. The van der Waals surface area contributed by atoms with Crippen LogP contribution in [0.25, 0.3) is 17.1 Å². The van der Waals surface area contributed by atoms with Gasteiger partial charge in [0, 0.05) is 19.8 Å². The van der Waals surface area contributed by atoms with Gasteiger partial charge >= 0.3 is 0 Å². The number of hydrogen-bond donors (Lipinski definition) is 3. The number of nitrogens with zero attached hydrogens (tertiary/aromatic N) is 2. The van der Waals surface area contributed by atoms with Gasteiger partial charge in [-0.15, -0.1) is 0 Å². The summed E-state index contributed by atoms with van der Waals surface area (Å²) in [6, 6.07) is 5.80. The Morgan fingerprint density at radius 1 is 1.33 bits per heavy atom. The summed E-state index contributed by atoms with van der Waals surface area (Å²) in [7, 11) is 0. The number of ether oxygens (including phenoxy) is 1. The maximum Gasteiger partial charge on any atom is 0.276 e. The van der Waals surface area contributed by atoms with Gasteiger partial charge in [-0.3, -0.25) is 10.1 Å². The van der Waals surface area contributed by atoms with E-state index in [0.29, 0.717) is 17.6 Å². The highest BCUT2D eigenvalue weighted by Gasteiger charge is 2.21. The van der Waals surface area contributed by atoms with Crippen LogP contribution in [0.2, 0.25) is 0 Å². The molecule has 3 N–H and O–H groups in total. The lowest BCUT2D eigenvalue weighted by atomic mass is 10.0. The Morgan fingerprint density at radius 3 is 3.08 bits per heavy atom. The summed E-state index contributed by atoms with van der Waals surface area (Å²) in [6.07, 6.45) is 5.51. The largest absolute Gasteiger partial charge is 0.381 e. The molecule has 0 radical (unpaired) electrons. The molecule has 124 valence electrons. The van der Waals surface area contributed by atoms with E-state index in [-0.39, 0.29) is 5.91 Å². The Balaban J connectivity index is 1.45. The number of aromatic nitrogens is 2. The Hall–Kier alpha value is -2.67. The number of aromatic amines is 1. The molecule has 7 heteroatoms. The van der Waals surface area contributed by atoms with Crippen molar-refractivity contribution in [2.45, 2.75) is 12.8 Å². The summed E-state index contributed by atoms with van der Waals surface area (Å²) >= 11 is 0. The number of imidazole rings is 1. The number of benzene rings is 1. The number of guanidine groups is 1. The molecular formula is C17H19N5O2. The van der Waals surface area contributed by atoms with Gasteiger partial charge < -0.3 is 15.0 Å². The summed E-state index contributed by atoms with van der Waals surface area (Å²) in [5, 5.41) is 6.00. The third-order valence-corrected chi connectivity index (χ3v) is 4.34. The summed E-state index contributed by atoms with van der Waals surface area (Å²) in [6.45, 7) is 2.42. The molecule has 1 amide bonds. The molecule has 2 aromatic rings. The van der Waals surface area contributed by atoms with Crippen LogP contribution < -0.4 is 10.6 Å².